The second-order valence-corrected chi connectivity index (χ2v) is 9.14. The molecule has 0 amide bonds. The van der Waals surface area contributed by atoms with Crippen LogP contribution in [-0.4, -0.2) is 48.0 Å². The minimum atomic E-state index is -0.942. The van der Waals surface area contributed by atoms with Gasteiger partial charge < -0.3 is 29.6 Å². The molecule has 1 aliphatic rings. The quantitative estimate of drug-likeness (QED) is 0.328. The number of pyridine rings is 1. The normalized spacial score (nSPS) is 16.9. The third-order valence-electron chi connectivity index (χ3n) is 6.16. The number of benzene rings is 2. The molecule has 0 bridgehead atoms. The first-order valence-corrected chi connectivity index (χ1v) is 11.6. The first-order chi connectivity index (χ1) is 18.3. The van der Waals surface area contributed by atoms with Crippen LogP contribution in [0.5, 0.6) is 17.2 Å². The Hall–Kier alpha value is -4.69. The molecule has 2 aromatic heterocycles. The summed E-state index contributed by atoms with van der Waals surface area (Å²) in [5.74, 6) is -1.87. The minimum Gasteiger partial charge on any atom is -0.496 e. The van der Waals surface area contributed by atoms with Crippen LogP contribution in [0.4, 0.5) is 14.5 Å². The van der Waals surface area contributed by atoms with Gasteiger partial charge in [0.15, 0.2) is 17.4 Å². The average Bonchev–Trinajstić information content (AvgIpc) is 3.36. The standard InChI is InChI=1S/C27H23F2N5O4/c1-27(13-35)12-33-26(37-14-27)34-16-8-19(28)24(20(29)9-16)38-21-5-6-31-25-23(21)18(11-32-25)17-4-3-15(10-30)7-22(17)36-2/h3-9,11,35H,12-14H2,1-2H3,(H,31,32)(H,33,34). The lowest BCUT2D eigenvalue weighted by atomic mass is 9.93. The van der Waals surface area contributed by atoms with Crippen molar-refractivity contribution in [3.8, 4) is 34.4 Å². The fourth-order valence-corrected chi connectivity index (χ4v) is 4.04. The Morgan fingerprint density at radius 3 is 2.63 bits per heavy atom. The summed E-state index contributed by atoms with van der Waals surface area (Å²) in [6, 6.07) is 10.8. The van der Waals surface area contributed by atoms with Gasteiger partial charge in [-0.15, -0.1) is 0 Å². The predicted octanol–water partition coefficient (Wildman–Crippen LogP) is 4.98. The predicted molar refractivity (Wildman–Crippen MR) is 136 cm³/mol. The van der Waals surface area contributed by atoms with E-state index in [2.05, 4.69) is 26.3 Å². The number of anilines is 1. The number of aliphatic hydroxyl groups is 1. The van der Waals surface area contributed by atoms with Crippen LogP contribution in [0.3, 0.4) is 0 Å². The molecule has 1 aliphatic heterocycles. The fraction of sp³-hybridized carbons (Fsp3) is 0.222. The van der Waals surface area contributed by atoms with Crippen molar-refractivity contribution in [1.82, 2.24) is 9.97 Å². The van der Waals surface area contributed by atoms with E-state index in [9.17, 15) is 10.4 Å². The highest BCUT2D eigenvalue weighted by Gasteiger charge is 2.29. The summed E-state index contributed by atoms with van der Waals surface area (Å²) in [4.78, 5) is 11.5. The SMILES string of the molecule is COc1cc(C#N)ccc1-c1c[nH]c2nccc(Oc3c(F)cc(NC4=NCC(C)(CO)CO4)cc3F)c12. The summed E-state index contributed by atoms with van der Waals surface area (Å²) >= 11 is 0. The second-order valence-electron chi connectivity index (χ2n) is 9.14. The number of H-pyrrole nitrogens is 1. The fourth-order valence-electron chi connectivity index (χ4n) is 4.04. The second kappa shape index (κ2) is 9.99. The van der Waals surface area contributed by atoms with E-state index in [4.69, 9.17) is 14.2 Å². The average molecular weight is 520 g/mol. The van der Waals surface area contributed by atoms with Crippen LogP contribution < -0.4 is 14.8 Å². The summed E-state index contributed by atoms with van der Waals surface area (Å²) in [5.41, 5.74) is 1.69. The van der Waals surface area contributed by atoms with Crippen molar-refractivity contribution in [3.05, 3.63) is 66.0 Å². The largest absolute Gasteiger partial charge is 0.496 e. The van der Waals surface area contributed by atoms with Crippen LogP contribution in [-0.2, 0) is 4.74 Å². The van der Waals surface area contributed by atoms with Crippen molar-refractivity contribution in [2.45, 2.75) is 6.92 Å². The number of aromatic amines is 1. The van der Waals surface area contributed by atoms with Crippen molar-refractivity contribution in [2.75, 3.05) is 32.2 Å². The molecule has 0 spiro atoms. The molecule has 1 atom stereocenters. The van der Waals surface area contributed by atoms with Gasteiger partial charge in [-0.3, -0.25) is 0 Å². The molecular weight excluding hydrogens is 496 g/mol. The molecule has 4 aromatic rings. The Kier molecular flexibility index (Phi) is 6.57. The number of nitrogens with zero attached hydrogens (tertiary/aromatic N) is 3. The number of rotatable bonds is 6. The van der Waals surface area contributed by atoms with E-state index in [-0.39, 0.29) is 30.7 Å². The molecule has 11 heteroatoms. The van der Waals surface area contributed by atoms with Crippen molar-refractivity contribution in [3.63, 3.8) is 0 Å². The highest BCUT2D eigenvalue weighted by Crippen LogP contribution is 2.41. The van der Waals surface area contributed by atoms with Gasteiger partial charge in [0.2, 0.25) is 0 Å². The zero-order chi connectivity index (χ0) is 26.9. The molecule has 3 heterocycles. The van der Waals surface area contributed by atoms with Gasteiger partial charge in [0.05, 0.1) is 37.3 Å². The number of ether oxygens (including phenoxy) is 3. The van der Waals surface area contributed by atoms with E-state index in [1.807, 2.05) is 6.92 Å². The van der Waals surface area contributed by atoms with Crippen molar-refractivity contribution >= 4 is 22.7 Å². The molecule has 0 aliphatic carbocycles. The molecule has 5 rings (SSSR count). The number of methoxy groups -OCH3 is 1. The molecular formula is C27H23F2N5O4. The number of hydrogen-bond acceptors (Lipinski definition) is 8. The molecule has 0 saturated carbocycles. The van der Waals surface area contributed by atoms with E-state index in [0.29, 0.717) is 40.0 Å². The third-order valence-corrected chi connectivity index (χ3v) is 6.16. The Morgan fingerprint density at radius 1 is 1.18 bits per heavy atom. The van der Waals surface area contributed by atoms with Gasteiger partial charge >= 0.3 is 0 Å². The number of halogens is 2. The minimum absolute atomic E-state index is 0.0863. The maximum Gasteiger partial charge on any atom is 0.289 e. The Labute approximate surface area is 216 Å². The van der Waals surface area contributed by atoms with Crippen LogP contribution in [0.25, 0.3) is 22.2 Å². The van der Waals surface area contributed by atoms with Gasteiger partial charge in [0.25, 0.3) is 6.02 Å². The van der Waals surface area contributed by atoms with Gasteiger partial charge in [-0.05, 0) is 24.3 Å². The van der Waals surface area contributed by atoms with Crippen molar-refractivity contribution in [2.24, 2.45) is 10.4 Å². The molecule has 3 N–H and O–H groups in total. The Morgan fingerprint density at radius 2 is 1.97 bits per heavy atom. The highest BCUT2D eigenvalue weighted by molar-refractivity contribution is 5.99. The van der Waals surface area contributed by atoms with E-state index < -0.39 is 22.8 Å². The van der Waals surface area contributed by atoms with E-state index in [1.54, 1.807) is 24.4 Å². The lowest BCUT2D eigenvalue weighted by Crippen LogP contribution is -2.38. The number of fused-ring (bicyclic) bond motifs is 1. The lowest BCUT2D eigenvalue weighted by Gasteiger charge is -2.30. The van der Waals surface area contributed by atoms with Crippen LogP contribution in [0.1, 0.15) is 12.5 Å². The summed E-state index contributed by atoms with van der Waals surface area (Å²) in [6.45, 7) is 2.24. The number of aliphatic hydroxyl groups excluding tert-OH is 1. The molecule has 38 heavy (non-hydrogen) atoms. The highest BCUT2D eigenvalue weighted by atomic mass is 19.1. The van der Waals surface area contributed by atoms with Gasteiger partial charge in [-0.25, -0.2) is 18.8 Å². The summed E-state index contributed by atoms with van der Waals surface area (Å²) in [7, 11) is 1.49. The number of aromatic nitrogens is 2. The zero-order valence-electron chi connectivity index (χ0n) is 20.5. The third kappa shape index (κ3) is 4.69. The van der Waals surface area contributed by atoms with Crippen molar-refractivity contribution < 1.29 is 28.1 Å². The van der Waals surface area contributed by atoms with Crippen LogP contribution in [0, 0.1) is 28.4 Å². The van der Waals surface area contributed by atoms with Gasteiger partial charge in [-0.2, -0.15) is 5.26 Å². The summed E-state index contributed by atoms with van der Waals surface area (Å²) in [5, 5.41) is 21.9. The number of nitrogens with one attached hydrogen (secondary N) is 2. The summed E-state index contributed by atoms with van der Waals surface area (Å²) in [6.07, 6.45) is 3.14. The van der Waals surface area contributed by atoms with E-state index in [1.165, 1.54) is 19.4 Å². The van der Waals surface area contributed by atoms with Gasteiger partial charge in [0, 0.05) is 46.8 Å². The molecule has 2 aromatic carbocycles. The molecule has 0 saturated heterocycles. The molecule has 0 fully saturated rings. The maximum atomic E-state index is 15.1. The molecule has 194 valence electrons. The zero-order valence-corrected chi connectivity index (χ0v) is 20.5. The smallest absolute Gasteiger partial charge is 0.289 e. The van der Waals surface area contributed by atoms with Crippen molar-refractivity contribution in [1.29, 1.82) is 5.26 Å². The van der Waals surface area contributed by atoms with Gasteiger partial charge in [-0.1, -0.05) is 6.92 Å². The van der Waals surface area contributed by atoms with E-state index >= 15 is 8.78 Å². The number of aliphatic imine (C=N–C) groups is 1. The topological polar surface area (TPSA) is 125 Å². The summed E-state index contributed by atoms with van der Waals surface area (Å²) < 4.78 is 46.9. The van der Waals surface area contributed by atoms with Crippen LogP contribution >= 0.6 is 0 Å². The maximum absolute atomic E-state index is 15.1. The molecule has 1 unspecified atom stereocenters. The monoisotopic (exact) mass is 519 g/mol. The number of amidine groups is 1. The number of hydrogen-bond donors (Lipinski definition) is 3. The lowest BCUT2D eigenvalue weighted by molar-refractivity contribution is 0.0706. The molecule has 0 radical (unpaired) electrons. The van der Waals surface area contributed by atoms with Crippen LogP contribution in [0.2, 0.25) is 0 Å². The first kappa shape index (κ1) is 25.0. The Bertz CT molecular complexity index is 1570. The van der Waals surface area contributed by atoms with Gasteiger partial charge in [0.1, 0.15) is 23.8 Å². The first-order valence-electron chi connectivity index (χ1n) is 11.6. The Balaban J connectivity index is 1.47. The number of nitriles is 1. The molecule has 9 nitrogen and oxygen atoms in total. The van der Waals surface area contributed by atoms with Crippen LogP contribution in [0.15, 0.2) is 53.8 Å². The van der Waals surface area contributed by atoms with E-state index in [0.717, 1.165) is 12.1 Å².